The Balaban J connectivity index is 3.62. The fourth-order valence-corrected chi connectivity index (χ4v) is 0.163. The Kier molecular flexibility index (Phi) is 2.48. The van der Waals surface area contributed by atoms with Crippen molar-refractivity contribution < 1.29 is 13.5 Å². The summed E-state index contributed by atoms with van der Waals surface area (Å²) in [5, 5.41) is 8.35. The third-order valence-corrected chi connectivity index (χ3v) is 0.565. The molecule has 6 heavy (non-hydrogen) atoms. The molecule has 0 aliphatic carbocycles. The quantitative estimate of drug-likeness (QED) is 0.356. The third kappa shape index (κ3) is 3.49. The van der Waals surface area contributed by atoms with Crippen LogP contribution in [-0.2, 0) is 10.7 Å². The highest BCUT2D eigenvalue weighted by Crippen LogP contribution is 1.61. The van der Waals surface area contributed by atoms with E-state index in [0.717, 1.165) is 0 Å². The van der Waals surface area contributed by atoms with E-state index in [-0.39, 0.29) is 0 Å². The molecule has 0 aliphatic rings. The number of aliphatic hydroxyl groups is 1. The van der Waals surface area contributed by atoms with E-state index in [1.807, 2.05) is 0 Å². The zero-order valence-electron chi connectivity index (χ0n) is 2.87. The molecule has 1 N–H and O–H groups in total. The average molecular weight is 108 g/mol. The van der Waals surface area contributed by atoms with Crippen LogP contribution in [0.25, 0.3) is 0 Å². The van der Waals surface area contributed by atoms with E-state index in [4.69, 9.17) is 5.11 Å². The predicted octanol–water partition coefficient (Wildman–Crippen LogP) is -0.373. The summed E-state index contributed by atoms with van der Waals surface area (Å²) >= 11 is 0. The standard InChI is InChI=1S/C2H4O3S/c3-1-2-6(4)5/h1-3,6H. The van der Waals surface area contributed by atoms with Gasteiger partial charge in [-0.1, -0.05) is 0 Å². The molecule has 0 saturated heterocycles. The molecule has 0 fully saturated rings. The smallest absolute Gasteiger partial charge is 0.164 e. The maximum absolute atomic E-state index is 9.39. The topological polar surface area (TPSA) is 54.4 Å². The van der Waals surface area contributed by atoms with Crippen molar-refractivity contribution in [3.8, 4) is 0 Å². The summed E-state index contributed by atoms with van der Waals surface area (Å²) in [6.07, 6.45) is 0.478. The second kappa shape index (κ2) is 2.71. The van der Waals surface area contributed by atoms with Gasteiger partial charge in [0.2, 0.25) is 0 Å². The second-order valence-corrected chi connectivity index (χ2v) is 1.45. The first-order chi connectivity index (χ1) is 2.77. The number of thiol groups is 1. The fraction of sp³-hybridized carbons (Fsp3) is 0. The van der Waals surface area contributed by atoms with Crippen molar-refractivity contribution in [1.82, 2.24) is 0 Å². The summed E-state index contributed by atoms with van der Waals surface area (Å²) in [5.74, 6) is 0. The molecule has 0 atom stereocenters. The maximum atomic E-state index is 9.39. The van der Waals surface area contributed by atoms with Crippen LogP contribution in [0.3, 0.4) is 0 Å². The Morgan fingerprint density at radius 2 is 2.00 bits per heavy atom. The Labute approximate surface area is 36.9 Å². The fourth-order valence-electron chi connectivity index (χ4n) is 0.0544. The van der Waals surface area contributed by atoms with Gasteiger partial charge in [0.1, 0.15) is 0 Å². The highest BCUT2D eigenvalue weighted by Gasteiger charge is 1.62. The van der Waals surface area contributed by atoms with Gasteiger partial charge in [0.25, 0.3) is 0 Å². The molecule has 0 saturated carbocycles. The molecule has 0 radical (unpaired) electrons. The largest absolute Gasteiger partial charge is 0.515 e. The Hall–Kier alpha value is -0.510. The monoisotopic (exact) mass is 108 g/mol. The number of hydrogen-bond donors (Lipinski definition) is 2. The van der Waals surface area contributed by atoms with Crippen LogP contribution in [0.4, 0.5) is 0 Å². The molecule has 0 aromatic rings. The van der Waals surface area contributed by atoms with Gasteiger partial charge in [-0.05, 0) is 0 Å². The molecule has 0 bridgehead atoms. The van der Waals surface area contributed by atoms with Gasteiger partial charge in [-0.25, -0.2) is 8.42 Å². The summed E-state index contributed by atoms with van der Waals surface area (Å²) in [6, 6.07) is 0. The number of hydrogen-bond acceptors (Lipinski definition) is 3. The Morgan fingerprint density at radius 1 is 1.50 bits per heavy atom. The normalized spacial score (nSPS) is 10.8. The minimum Gasteiger partial charge on any atom is -0.515 e. The highest BCUT2D eigenvalue weighted by atomic mass is 32.2. The molecule has 0 aromatic heterocycles. The minimum absolute atomic E-state index is 0.478. The van der Waals surface area contributed by atoms with E-state index >= 15 is 0 Å². The molecule has 0 spiro atoms. The van der Waals surface area contributed by atoms with Gasteiger partial charge in [-0.3, -0.25) is 0 Å². The summed E-state index contributed by atoms with van der Waals surface area (Å²) in [6.45, 7) is 0. The van der Waals surface area contributed by atoms with E-state index in [1.165, 1.54) is 0 Å². The van der Waals surface area contributed by atoms with Gasteiger partial charge in [-0.15, -0.1) is 0 Å². The lowest BCUT2D eigenvalue weighted by Gasteiger charge is -1.59. The highest BCUT2D eigenvalue weighted by molar-refractivity contribution is 7.75. The van der Waals surface area contributed by atoms with E-state index in [9.17, 15) is 8.42 Å². The van der Waals surface area contributed by atoms with E-state index in [0.29, 0.717) is 11.7 Å². The molecule has 3 nitrogen and oxygen atoms in total. The van der Waals surface area contributed by atoms with Crippen LogP contribution in [0.1, 0.15) is 0 Å². The van der Waals surface area contributed by atoms with Crippen molar-refractivity contribution in [2.75, 3.05) is 0 Å². The van der Waals surface area contributed by atoms with Crippen molar-refractivity contribution in [3.63, 3.8) is 0 Å². The van der Waals surface area contributed by atoms with Crippen LogP contribution < -0.4 is 0 Å². The van der Waals surface area contributed by atoms with Crippen molar-refractivity contribution in [2.45, 2.75) is 0 Å². The average Bonchev–Trinajstić information content (AvgIpc) is 1.35. The molecule has 0 rings (SSSR count). The zero-order chi connectivity index (χ0) is 4.99. The molecule has 36 valence electrons. The second-order valence-electron chi connectivity index (χ2n) is 0.583. The lowest BCUT2D eigenvalue weighted by Crippen LogP contribution is -1.60. The van der Waals surface area contributed by atoms with Crippen LogP contribution in [-0.4, -0.2) is 13.5 Å². The number of rotatable bonds is 1. The SMILES string of the molecule is O=[SH](=O)C=CO. The molecule has 0 amide bonds. The van der Waals surface area contributed by atoms with E-state index in [1.54, 1.807) is 0 Å². The third-order valence-electron chi connectivity index (χ3n) is 0.188. The van der Waals surface area contributed by atoms with E-state index < -0.39 is 10.7 Å². The van der Waals surface area contributed by atoms with Crippen LogP contribution >= 0.6 is 0 Å². The summed E-state index contributed by atoms with van der Waals surface area (Å²) in [4.78, 5) is 0. The van der Waals surface area contributed by atoms with Gasteiger partial charge in [0.15, 0.2) is 10.7 Å². The van der Waals surface area contributed by atoms with Crippen molar-refractivity contribution in [1.29, 1.82) is 0 Å². The van der Waals surface area contributed by atoms with Crippen LogP contribution in [0.5, 0.6) is 0 Å². The summed E-state index contributed by atoms with van der Waals surface area (Å²) in [7, 11) is -2.53. The lowest BCUT2D eigenvalue weighted by atomic mass is 11.2. The van der Waals surface area contributed by atoms with Crippen LogP contribution in [0.15, 0.2) is 11.7 Å². The molecular formula is C2H4O3S. The number of aliphatic hydroxyl groups excluding tert-OH is 1. The first-order valence-electron chi connectivity index (χ1n) is 1.21. The maximum Gasteiger partial charge on any atom is 0.164 e. The summed E-state index contributed by atoms with van der Waals surface area (Å²) in [5.41, 5.74) is 0. The van der Waals surface area contributed by atoms with Gasteiger partial charge in [0, 0.05) is 0 Å². The molecular weight excluding hydrogens is 104 g/mol. The van der Waals surface area contributed by atoms with Crippen LogP contribution in [0, 0.1) is 0 Å². The first kappa shape index (κ1) is 5.49. The predicted molar refractivity (Wildman–Crippen MR) is 22.1 cm³/mol. The first-order valence-corrected chi connectivity index (χ1v) is 2.46. The molecule has 0 aliphatic heterocycles. The van der Waals surface area contributed by atoms with Gasteiger partial charge < -0.3 is 5.11 Å². The molecule has 0 aromatic carbocycles. The Morgan fingerprint density at radius 3 is 2.00 bits per heavy atom. The lowest BCUT2D eigenvalue weighted by molar-refractivity contribution is 0.474. The van der Waals surface area contributed by atoms with Gasteiger partial charge in [-0.2, -0.15) is 0 Å². The zero-order valence-corrected chi connectivity index (χ0v) is 3.76. The summed E-state index contributed by atoms with van der Waals surface area (Å²) < 4.78 is 18.8. The van der Waals surface area contributed by atoms with Gasteiger partial charge in [0.05, 0.1) is 11.7 Å². The van der Waals surface area contributed by atoms with Gasteiger partial charge >= 0.3 is 0 Å². The Bertz CT molecular complexity index is 104. The molecule has 0 heterocycles. The van der Waals surface area contributed by atoms with Crippen molar-refractivity contribution in [3.05, 3.63) is 11.7 Å². The van der Waals surface area contributed by atoms with E-state index in [2.05, 4.69) is 0 Å². The molecule has 0 unspecified atom stereocenters. The van der Waals surface area contributed by atoms with Crippen LogP contribution in [0.2, 0.25) is 0 Å². The minimum atomic E-state index is -2.53. The molecule has 4 heteroatoms. The van der Waals surface area contributed by atoms with Crippen molar-refractivity contribution >= 4 is 10.7 Å². The van der Waals surface area contributed by atoms with Crippen molar-refractivity contribution in [2.24, 2.45) is 0 Å².